The van der Waals surface area contributed by atoms with Gasteiger partial charge >= 0.3 is 0 Å². The number of rotatable bonds is 8. The van der Waals surface area contributed by atoms with Crippen molar-refractivity contribution in [2.24, 2.45) is 0 Å². The minimum atomic E-state index is -0.174. The standard InChI is InChI=1S/C21H21BrN4O2S/c1-15-5-4-7-17(11-15)24-20(27)13-29-14-21(28)25-19-9-10-23-26(19)12-16-6-2-3-8-18(16)22/h2-11H,12-14H2,1H3,(H,24,27)(H,25,28). The van der Waals surface area contributed by atoms with Crippen LogP contribution in [0.1, 0.15) is 11.1 Å². The molecule has 0 aliphatic rings. The second kappa shape index (κ2) is 10.3. The Balaban J connectivity index is 1.46. The molecule has 2 amide bonds. The summed E-state index contributed by atoms with van der Waals surface area (Å²) in [4.78, 5) is 24.3. The van der Waals surface area contributed by atoms with E-state index in [1.54, 1.807) is 16.9 Å². The van der Waals surface area contributed by atoms with Gasteiger partial charge in [-0.3, -0.25) is 9.59 Å². The Morgan fingerprint density at radius 2 is 1.79 bits per heavy atom. The summed E-state index contributed by atoms with van der Waals surface area (Å²) in [5, 5.41) is 9.97. The third-order valence-electron chi connectivity index (χ3n) is 4.03. The Kier molecular flexibility index (Phi) is 7.48. The number of carbonyl (C=O) groups excluding carboxylic acids is 2. The number of aromatic nitrogens is 2. The molecular formula is C21H21BrN4O2S. The molecule has 2 aromatic carbocycles. The smallest absolute Gasteiger partial charge is 0.235 e. The average molecular weight is 473 g/mol. The number of anilines is 2. The van der Waals surface area contributed by atoms with Crippen LogP contribution in [0, 0.1) is 6.92 Å². The van der Waals surface area contributed by atoms with Crippen LogP contribution < -0.4 is 10.6 Å². The molecule has 0 radical (unpaired) electrons. The van der Waals surface area contributed by atoms with Crippen molar-refractivity contribution in [3.63, 3.8) is 0 Å². The van der Waals surface area contributed by atoms with E-state index < -0.39 is 0 Å². The molecule has 0 atom stereocenters. The number of hydrogen-bond acceptors (Lipinski definition) is 4. The highest BCUT2D eigenvalue weighted by molar-refractivity contribution is 9.10. The third-order valence-corrected chi connectivity index (χ3v) is 5.74. The average Bonchev–Trinajstić information content (AvgIpc) is 3.10. The lowest BCUT2D eigenvalue weighted by Gasteiger charge is -2.10. The van der Waals surface area contributed by atoms with Crippen LogP contribution in [-0.2, 0) is 16.1 Å². The first-order chi connectivity index (χ1) is 14.0. The van der Waals surface area contributed by atoms with Crippen LogP contribution >= 0.6 is 27.7 Å². The van der Waals surface area contributed by atoms with E-state index in [0.29, 0.717) is 12.4 Å². The minimum Gasteiger partial charge on any atom is -0.325 e. The van der Waals surface area contributed by atoms with Crippen LogP contribution in [0.15, 0.2) is 65.3 Å². The van der Waals surface area contributed by atoms with Gasteiger partial charge in [0.25, 0.3) is 0 Å². The maximum absolute atomic E-state index is 12.3. The molecule has 1 aromatic heterocycles. The third kappa shape index (κ3) is 6.47. The molecule has 0 saturated heterocycles. The van der Waals surface area contributed by atoms with Gasteiger partial charge in [0.1, 0.15) is 5.82 Å². The summed E-state index contributed by atoms with van der Waals surface area (Å²) in [5.41, 5.74) is 2.90. The number of aryl methyl sites for hydroxylation is 1. The number of thioether (sulfide) groups is 1. The number of nitrogens with one attached hydrogen (secondary N) is 2. The lowest BCUT2D eigenvalue weighted by atomic mass is 10.2. The molecule has 0 bridgehead atoms. The Morgan fingerprint density at radius 3 is 2.55 bits per heavy atom. The van der Waals surface area contributed by atoms with Crippen LogP contribution in [0.25, 0.3) is 0 Å². The van der Waals surface area contributed by atoms with Gasteiger partial charge in [-0.1, -0.05) is 46.3 Å². The largest absolute Gasteiger partial charge is 0.325 e. The predicted octanol–water partition coefficient (Wildman–Crippen LogP) is 4.31. The summed E-state index contributed by atoms with van der Waals surface area (Å²) in [7, 11) is 0. The van der Waals surface area contributed by atoms with Crippen LogP contribution in [0.3, 0.4) is 0 Å². The monoisotopic (exact) mass is 472 g/mol. The van der Waals surface area contributed by atoms with Crippen molar-refractivity contribution in [3.8, 4) is 0 Å². The second-order valence-corrected chi connectivity index (χ2v) is 8.26. The molecule has 29 heavy (non-hydrogen) atoms. The maximum atomic E-state index is 12.3. The number of hydrogen-bond donors (Lipinski definition) is 2. The fraction of sp³-hybridized carbons (Fsp3) is 0.190. The van der Waals surface area contributed by atoms with Gasteiger partial charge in [0.05, 0.1) is 24.2 Å². The Morgan fingerprint density at radius 1 is 1.03 bits per heavy atom. The summed E-state index contributed by atoms with van der Waals surface area (Å²) in [6.07, 6.45) is 1.65. The molecule has 0 saturated carbocycles. The zero-order valence-electron chi connectivity index (χ0n) is 15.9. The topological polar surface area (TPSA) is 76.0 Å². The van der Waals surface area contributed by atoms with Crippen LogP contribution in [0.5, 0.6) is 0 Å². The van der Waals surface area contributed by atoms with Gasteiger partial charge in [-0.2, -0.15) is 5.10 Å². The molecule has 0 fully saturated rings. The zero-order chi connectivity index (χ0) is 20.6. The summed E-state index contributed by atoms with van der Waals surface area (Å²) < 4.78 is 2.72. The lowest BCUT2D eigenvalue weighted by molar-refractivity contribution is -0.114. The highest BCUT2D eigenvalue weighted by atomic mass is 79.9. The maximum Gasteiger partial charge on any atom is 0.235 e. The molecule has 6 nitrogen and oxygen atoms in total. The van der Waals surface area contributed by atoms with Gasteiger partial charge in [0.15, 0.2) is 0 Å². The van der Waals surface area contributed by atoms with Crippen LogP contribution in [0.2, 0.25) is 0 Å². The van der Waals surface area contributed by atoms with Gasteiger partial charge in [-0.05, 0) is 36.2 Å². The molecule has 0 aliphatic carbocycles. The van der Waals surface area contributed by atoms with E-state index >= 15 is 0 Å². The van der Waals surface area contributed by atoms with E-state index in [9.17, 15) is 9.59 Å². The minimum absolute atomic E-state index is 0.132. The van der Waals surface area contributed by atoms with E-state index in [2.05, 4.69) is 31.7 Å². The lowest BCUT2D eigenvalue weighted by Crippen LogP contribution is -2.20. The van der Waals surface area contributed by atoms with E-state index in [1.807, 2.05) is 55.5 Å². The quantitative estimate of drug-likeness (QED) is 0.511. The summed E-state index contributed by atoms with van der Waals surface area (Å²) in [5.74, 6) is 0.703. The van der Waals surface area contributed by atoms with Gasteiger partial charge in [-0.15, -0.1) is 11.8 Å². The normalized spacial score (nSPS) is 10.6. The number of nitrogens with zero attached hydrogens (tertiary/aromatic N) is 2. The first-order valence-electron chi connectivity index (χ1n) is 9.00. The summed E-state index contributed by atoms with van der Waals surface area (Å²) in [6, 6.07) is 17.2. The first-order valence-corrected chi connectivity index (χ1v) is 11.0. The fourth-order valence-corrected chi connectivity index (χ4v) is 3.72. The van der Waals surface area contributed by atoms with E-state index in [0.717, 1.165) is 21.3 Å². The molecule has 3 rings (SSSR count). The van der Waals surface area contributed by atoms with Gasteiger partial charge in [-0.25, -0.2) is 4.68 Å². The van der Waals surface area contributed by atoms with Crippen molar-refractivity contribution < 1.29 is 9.59 Å². The molecule has 3 aromatic rings. The molecule has 1 heterocycles. The number of halogens is 1. The van der Waals surface area contributed by atoms with Gasteiger partial charge in [0.2, 0.25) is 11.8 Å². The number of amides is 2. The molecule has 0 aliphatic heterocycles. The summed E-state index contributed by atoms with van der Waals surface area (Å²) in [6.45, 7) is 2.51. The Bertz CT molecular complexity index is 1010. The summed E-state index contributed by atoms with van der Waals surface area (Å²) >= 11 is 4.79. The van der Waals surface area contributed by atoms with E-state index in [1.165, 1.54) is 11.8 Å². The highest BCUT2D eigenvalue weighted by Gasteiger charge is 2.10. The molecule has 0 spiro atoms. The van der Waals surface area contributed by atoms with Crippen molar-refractivity contribution in [2.75, 3.05) is 22.1 Å². The van der Waals surface area contributed by atoms with E-state index in [-0.39, 0.29) is 23.3 Å². The van der Waals surface area contributed by atoms with Crippen molar-refractivity contribution in [2.45, 2.75) is 13.5 Å². The molecule has 0 unspecified atom stereocenters. The fourth-order valence-electron chi connectivity index (χ4n) is 2.69. The molecule has 8 heteroatoms. The first kappa shape index (κ1) is 21.1. The number of carbonyl (C=O) groups is 2. The second-order valence-electron chi connectivity index (χ2n) is 6.42. The van der Waals surface area contributed by atoms with Gasteiger partial charge in [0, 0.05) is 16.2 Å². The Labute approximate surface area is 182 Å². The van der Waals surface area contributed by atoms with Crippen molar-refractivity contribution in [1.82, 2.24) is 9.78 Å². The van der Waals surface area contributed by atoms with Crippen molar-refractivity contribution in [1.29, 1.82) is 0 Å². The SMILES string of the molecule is Cc1cccc(NC(=O)CSCC(=O)Nc2ccnn2Cc2ccccc2Br)c1. The zero-order valence-corrected chi connectivity index (χ0v) is 18.3. The molecule has 150 valence electrons. The predicted molar refractivity (Wildman–Crippen MR) is 121 cm³/mol. The highest BCUT2D eigenvalue weighted by Crippen LogP contribution is 2.19. The van der Waals surface area contributed by atoms with Crippen LogP contribution in [-0.4, -0.2) is 33.1 Å². The number of benzene rings is 2. The van der Waals surface area contributed by atoms with Gasteiger partial charge < -0.3 is 10.6 Å². The molecular weight excluding hydrogens is 452 g/mol. The van der Waals surface area contributed by atoms with Crippen molar-refractivity contribution >= 4 is 51.0 Å². The van der Waals surface area contributed by atoms with E-state index in [4.69, 9.17) is 0 Å². The molecule has 2 N–H and O–H groups in total. The van der Waals surface area contributed by atoms with Crippen LogP contribution in [0.4, 0.5) is 11.5 Å². The Hall–Kier alpha value is -2.58. The van der Waals surface area contributed by atoms with Crippen molar-refractivity contribution in [3.05, 3.63) is 76.4 Å².